The zero-order valence-electron chi connectivity index (χ0n) is 13.5. The maximum atomic E-state index is 11.9. The Bertz CT molecular complexity index is 973. The summed E-state index contributed by atoms with van der Waals surface area (Å²) < 4.78 is 7.57. The third-order valence-corrected chi connectivity index (χ3v) is 4.74. The van der Waals surface area contributed by atoms with E-state index in [4.69, 9.17) is 27.9 Å². The van der Waals surface area contributed by atoms with Crippen LogP contribution in [-0.4, -0.2) is 20.7 Å². The normalized spacial score (nSPS) is 16.1. The van der Waals surface area contributed by atoms with Gasteiger partial charge in [0.05, 0.1) is 12.5 Å². The molecule has 0 saturated carbocycles. The van der Waals surface area contributed by atoms with Crippen LogP contribution in [0.25, 0.3) is 0 Å². The van der Waals surface area contributed by atoms with Crippen molar-refractivity contribution in [3.05, 3.63) is 70.0 Å². The van der Waals surface area contributed by atoms with Gasteiger partial charge in [0, 0.05) is 15.6 Å². The monoisotopic (exact) mass is 388 g/mol. The molecule has 1 atom stereocenters. The molecule has 1 aliphatic heterocycles. The summed E-state index contributed by atoms with van der Waals surface area (Å²) in [5, 5.41) is 8.06. The van der Waals surface area contributed by atoms with Gasteiger partial charge in [0.15, 0.2) is 0 Å². The van der Waals surface area contributed by atoms with Gasteiger partial charge in [-0.3, -0.25) is 10.1 Å². The van der Waals surface area contributed by atoms with Crippen molar-refractivity contribution >= 4 is 35.1 Å². The van der Waals surface area contributed by atoms with Crippen LogP contribution in [0, 0.1) is 0 Å². The number of nitrogens with one attached hydrogen (secondary N) is 1. The Labute approximate surface area is 159 Å². The van der Waals surface area contributed by atoms with E-state index < -0.39 is 0 Å². The van der Waals surface area contributed by atoms with E-state index in [0.717, 1.165) is 11.1 Å². The first-order valence-corrected chi connectivity index (χ1v) is 8.72. The van der Waals surface area contributed by atoms with Crippen LogP contribution in [0.15, 0.2) is 48.8 Å². The van der Waals surface area contributed by atoms with Crippen molar-refractivity contribution < 1.29 is 9.53 Å². The Balaban J connectivity index is 1.55. The topological polar surface area (TPSA) is 69.0 Å². The van der Waals surface area contributed by atoms with Crippen LogP contribution in [0.5, 0.6) is 5.75 Å². The molecule has 2 heterocycles. The molecule has 1 aromatic heterocycles. The molecular formula is C18H14Cl2N4O2. The molecule has 0 bridgehead atoms. The molecule has 8 heteroatoms. The van der Waals surface area contributed by atoms with E-state index in [1.165, 1.54) is 6.33 Å². The number of hydrogen-bond acceptors (Lipinski definition) is 4. The average Bonchev–Trinajstić information content (AvgIpc) is 3.09. The van der Waals surface area contributed by atoms with Gasteiger partial charge in [0.2, 0.25) is 11.9 Å². The fourth-order valence-electron chi connectivity index (χ4n) is 2.88. The summed E-state index contributed by atoms with van der Waals surface area (Å²) in [7, 11) is 0. The van der Waals surface area contributed by atoms with Crippen molar-refractivity contribution in [3.8, 4) is 5.75 Å². The number of aromatic nitrogens is 3. The van der Waals surface area contributed by atoms with Crippen LogP contribution >= 0.6 is 23.2 Å². The minimum Gasteiger partial charge on any atom is -0.489 e. The number of carbonyl (C=O) groups excluding carboxylic acids is 1. The summed E-state index contributed by atoms with van der Waals surface area (Å²) in [6.45, 7) is 0.319. The lowest BCUT2D eigenvalue weighted by atomic mass is 10.0. The molecule has 1 aliphatic rings. The highest BCUT2D eigenvalue weighted by Crippen LogP contribution is 2.30. The molecule has 2 aromatic carbocycles. The first-order chi connectivity index (χ1) is 12.6. The van der Waals surface area contributed by atoms with Crippen LogP contribution in [0.2, 0.25) is 10.0 Å². The molecule has 3 aromatic rings. The SMILES string of the molecule is O=C1CC(c2cccc(OCc3ccc(Cl)cc3Cl)c2)n2ncnc2N1. The molecule has 26 heavy (non-hydrogen) atoms. The number of amides is 1. The molecule has 0 saturated heterocycles. The van der Waals surface area contributed by atoms with Crippen molar-refractivity contribution in [1.29, 1.82) is 0 Å². The molecular weight excluding hydrogens is 375 g/mol. The lowest BCUT2D eigenvalue weighted by molar-refractivity contribution is -0.117. The minimum atomic E-state index is -0.219. The predicted molar refractivity (Wildman–Crippen MR) is 98.6 cm³/mol. The lowest BCUT2D eigenvalue weighted by Crippen LogP contribution is -2.29. The van der Waals surface area contributed by atoms with Gasteiger partial charge in [-0.1, -0.05) is 41.4 Å². The van der Waals surface area contributed by atoms with Gasteiger partial charge in [-0.05, 0) is 29.8 Å². The molecule has 1 amide bonds. The average molecular weight is 389 g/mol. The number of carbonyl (C=O) groups is 1. The smallest absolute Gasteiger partial charge is 0.229 e. The van der Waals surface area contributed by atoms with E-state index in [9.17, 15) is 4.79 Å². The van der Waals surface area contributed by atoms with E-state index >= 15 is 0 Å². The molecule has 0 aliphatic carbocycles. The standard InChI is InChI=1S/C18H14Cl2N4O2/c19-13-5-4-12(15(20)7-13)9-26-14-3-1-2-11(6-14)16-8-17(25)23-18-21-10-22-24(16)18/h1-7,10,16H,8-9H2,(H,21,22,23,25). The summed E-state index contributed by atoms with van der Waals surface area (Å²) in [5.74, 6) is 1.04. The molecule has 6 nitrogen and oxygen atoms in total. The van der Waals surface area contributed by atoms with Crippen LogP contribution in [0.3, 0.4) is 0 Å². The molecule has 132 valence electrons. The molecule has 0 spiro atoms. The van der Waals surface area contributed by atoms with Gasteiger partial charge < -0.3 is 4.74 Å². The van der Waals surface area contributed by atoms with E-state index in [-0.39, 0.29) is 11.9 Å². The summed E-state index contributed by atoms with van der Waals surface area (Å²) in [5.41, 5.74) is 1.77. The number of hydrogen-bond donors (Lipinski definition) is 1. The van der Waals surface area contributed by atoms with Gasteiger partial charge in [0.1, 0.15) is 18.7 Å². The van der Waals surface area contributed by atoms with E-state index in [2.05, 4.69) is 15.4 Å². The highest BCUT2D eigenvalue weighted by atomic mass is 35.5. The second kappa shape index (κ2) is 6.97. The Morgan fingerprint density at radius 3 is 2.96 bits per heavy atom. The van der Waals surface area contributed by atoms with Crippen LogP contribution in [0.4, 0.5) is 5.95 Å². The van der Waals surface area contributed by atoms with Crippen molar-refractivity contribution in [2.75, 3.05) is 5.32 Å². The molecule has 0 fully saturated rings. The van der Waals surface area contributed by atoms with E-state index in [1.807, 2.05) is 30.3 Å². The summed E-state index contributed by atoms with van der Waals surface area (Å²) >= 11 is 12.1. The number of rotatable bonds is 4. The van der Waals surface area contributed by atoms with Gasteiger partial charge in [-0.2, -0.15) is 10.1 Å². The van der Waals surface area contributed by atoms with Gasteiger partial charge in [0.25, 0.3) is 0 Å². The van der Waals surface area contributed by atoms with Crippen molar-refractivity contribution in [3.63, 3.8) is 0 Å². The Hall–Kier alpha value is -2.57. The van der Waals surface area contributed by atoms with Gasteiger partial charge in [-0.25, -0.2) is 4.68 Å². The number of benzene rings is 2. The summed E-state index contributed by atoms with van der Waals surface area (Å²) in [6, 6.07) is 12.7. The first kappa shape index (κ1) is 16.9. The number of nitrogens with zero attached hydrogens (tertiary/aromatic N) is 3. The Kier molecular flexibility index (Phi) is 4.53. The highest BCUT2D eigenvalue weighted by molar-refractivity contribution is 6.35. The third kappa shape index (κ3) is 3.38. The van der Waals surface area contributed by atoms with Crippen LogP contribution in [-0.2, 0) is 11.4 Å². The lowest BCUT2D eigenvalue weighted by Gasteiger charge is -2.24. The summed E-state index contributed by atoms with van der Waals surface area (Å²) in [4.78, 5) is 16.0. The highest BCUT2D eigenvalue weighted by Gasteiger charge is 2.27. The quantitative estimate of drug-likeness (QED) is 0.730. The minimum absolute atomic E-state index is 0.0882. The Morgan fingerprint density at radius 1 is 1.23 bits per heavy atom. The fraction of sp³-hybridized carbons (Fsp3) is 0.167. The third-order valence-electron chi connectivity index (χ3n) is 4.15. The number of anilines is 1. The summed E-state index contributed by atoms with van der Waals surface area (Å²) in [6.07, 6.45) is 1.72. The zero-order valence-corrected chi connectivity index (χ0v) is 15.0. The predicted octanol–water partition coefficient (Wildman–Crippen LogP) is 4.10. The maximum absolute atomic E-state index is 11.9. The Morgan fingerprint density at radius 2 is 2.12 bits per heavy atom. The molecule has 4 rings (SSSR count). The second-order valence-electron chi connectivity index (χ2n) is 5.89. The molecule has 0 radical (unpaired) electrons. The van der Waals surface area contributed by atoms with Crippen molar-refractivity contribution in [2.45, 2.75) is 19.1 Å². The number of ether oxygens (including phenoxy) is 1. The largest absolute Gasteiger partial charge is 0.489 e. The number of halogens is 2. The fourth-order valence-corrected chi connectivity index (χ4v) is 3.34. The first-order valence-electron chi connectivity index (χ1n) is 7.96. The molecule has 1 N–H and O–H groups in total. The zero-order chi connectivity index (χ0) is 18.1. The van der Waals surface area contributed by atoms with E-state index in [0.29, 0.717) is 34.8 Å². The van der Waals surface area contributed by atoms with Gasteiger partial charge in [-0.15, -0.1) is 0 Å². The van der Waals surface area contributed by atoms with Crippen LogP contribution < -0.4 is 10.1 Å². The van der Waals surface area contributed by atoms with Crippen molar-refractivity contribution in [2.24, 2.45) is 0 Å². The van der Waals surface area contributed by atoms with Crippen molar-refractivity contribution in [1.82, 2.24) is 14.8 Å². The molecule has 1 unspecified atom stereocenters. The number of fused-ring (bicyclic) bond motifs is 1. The second-order valence-corrected chi connectivity index (χ2v) is 6.74. The van der Waals surface area contributed by atoms with Gasteiger partial charge >= 0.3 is 0 Å². The van der Waals surface area contributed by atoms with E-state index in [1.54, 1.807) is 16.8 Å². The van der Waals surface area contributed by atoms with Crippen LogP contribution in [0.1, 0.15) is 23.6 Å². The maximum Gasteiger partial charge on any atom is 0.229 e.